The van der Waals surface area contributed by atoms with Crippen molar-refractivity contribution in [2.24, 2.45) is 0 Å². The average molecular weight is 635 g/mol. The van der Waals surface area contributed by atoms with Crippen molar-refractivity contribution in [1.82, 2.24) is 14.7 Å². The largest absolute Gasteiger partial charge is 0.507 e. The number of carbonyl (C=O) groups excluding carboxylic acids is 3. The van der Waals surface area contributed by atoms with Crippen LogP contribution in [0, 0.1) is 32.1 Å². The molecule has 5 heterocycles. The number of ether oxygens (including phenoxy) is 3. The van der Waals surface area contributed by atoms with Crippen LogP contribution in [0.3, 0.4) is 0 Å². The number of piperazine rings is 1. The standard InChI is InChI=1S/C36H34N4O7/c1-16-10-20-11-24-26(13-37)40-25(30(38(24)5)28(20)31(42)17(16)2)12-23-29(34-33(45-15-46-34)18(3)32(23)47-19(4)41)27(40)14-39-35(43)21-8-6-7-9-22(21)36(39)44/h6-10,24-27,30,42H,11-12,14-15H2,1-5H3/t24-,25?,26+,27+,30+/m1/s1. The number of nitrogens with zero attached hydrogens (tertiary/aromatic N) is 4. The van der Waals surface area contributed by atoms with Crippen LogP contribution in [0.15, 0.2) is 30.3 Å². The summed E-state index contributed by atoms with van der Waals surface area (Å²) in [5.41, 5.74) is 6.19. The summed E-state index contributed by atoms with van der Waals surface area (Å²) in [6.07, 6.45) is 0.884. The molecule has 8 rings (SSSR count). The molecular formula is C36H34N4O7. The van der Waals surface area contributed by atoms with E-state index in [2.05, 4.69) is 21.9 Å². The topological polar surface area (TPSA) is 133 Å². The van der Waals surface area contributed by atoms with Crippen LogP contribution < -0.4 is 14.2 Å². The molecule has 0 radical (unpaired) electrons. The lowest BCUT2D eigenvalue weighted by atomic mass is 9.71. The van der Waals surface area contributed by atoms with Crippen molar-refractivity contribution in [3.8, 4) is 29.1 Å². The van der Waals surface area contributed by atoms with Gasteiger partial charge in [-0.3, -0.25) is 29.1 Å². The number of aryl methyl sites for hydroxylation is 1. The summed E-state index contributed by atoms with van der Waals surface area (Å²) >= 11 is 0. The molecule has 240 valence electrons. The second-order valence-electron chi connectivity index (χ2n) is 13.2. The van der Waals surface area contributed by atoms with Gasteiger partial charge in [0.2, 0.25) is 6.79 Å². The van der Waals surface area contributed by atoms with E-state index in [9.17, 15) is 24.8 Å². The first-order valence-electron chi connectivity index (χ1n) is 15.8. The Bertz CT molecular complexity index is 1950. The van der Waals surface area contributed by atoms with Crippen molar-refractivity contribution in [1.29, 1.82) is 5.26 Å². The summed E-state index contributed by atoms with van der Waals surface area (Å²) in [5.74, 6) is 0.153. The fraction of sp³-hybridized carbons (Fsp3) is 0.389. The van der Waals surface area contributed by atoms with Gasteiger partial charge in [0.15, 0.2) is 11.5 Å². The monoisotopic (exact) mass is 634 g/mol. The minimum Gasteiger partial charge on any atom is -0.507 e. The van der Waals surface area contributed by atoms with E-state index in [1.165, 1.54) is 11.8 Å². The molecule has 1 fully saturated rings. The molecule has 11 nitrogen and oxygen atoms in total. The predicted molar refractivity (Wildman–Crippen MR) is 167 cm³/mol. The molecule has 11 heteroatoms. The zero-order valence-electron chi connectivity index (χ0n) is 26.8. The van der Waals surface area contributed by atoms with Crippen molar-refractivity contribution in [2.45, 2.75) is 70.7 Å². The van der Waals surface area contributed by atoms with E-state index < -0.39 is 35.9 Å². The van der Waals surface area contributed by atoms with Crippen molar-refractivity contribution >= 4 is 17.8 Å². The molecule has 1 saturated heterocycles. The summed E-state index contributed by atoms with van der Waals surface area (Å²) in [4.78, 5) is 45.6. The number of amides is 2. The van der Waals surface area contributed by atoms with Gasteiger partial charge in [-0.2, -0.15) is 5.26 Å². The van der Waals surface area contributed by atoms with Crippen LogP contribution in [-0.4, -0.2) is 76.1 Å². The molecule has 0 aliphatic carbocycles. The van der Waals surface area contributed by atoms with Crippen LogP contribution in [0.2, 0.25) is 0 Å². The van der Waals surface area contributed by atoms with Gasteiger partial charge in [-0.1, -0.05) is 18.2 Å². The van der Waals surface area contributed by atoms with Crippen LogP contribution in [0.1, 0.15) is 78.7 Å². The average Bonchev–Trinajstić information content (AvgIpc) is 3.62. The third kappa shape index (κ3) is 3.95. The highest BCUT2D eigenvalue weighted by Crippen LogP contribution is 2.58. The smallest absolute Gasteiger partial charge is 0.308 e. The number of hydrogen-bond donors (Lipinski definition) is 1. The maximum absolute atomic E-state index is 13.8. The molecule has 1 unspecified atom stereocenters. The van der Waals surface area contributed by atoms with E-state index in [1.54, 1.807) is 24.3 Å². The maximum Gasteiger partial charge on any atom is 0.308 e. The highest BCUT2D eigenvalue weighted by molar-refractivity contribution is 6.21. The highest BCUT2D eigenvalue weighted by Gasteiger charge is 2.57. The number of fused-ring (bicyclic) bond motifs is 10. The third-order valence-electron chi connectivity index (χ3n) is 10.9. The van der Waals surface area contributed by atoms with E-state index in [0.717, 1.165) is 22.3 Å². The minimum absolute atomic E-state index is 0.0507. The number of aromatic hydroxyl groups is 1. The second-order valence-corrected chi connectivity index (χ2v) is 13.2. The molecule has 47 heavy (non-hydrogen) atoms. The Morgan fingerprint density at radius 3 is 2.36 bits per heavy atom. The van der Waals surface area contributed by atoms with Gasteiger partial charge in [0.1, 0.15) is 17.5 Å². The lowest BCUT2D eigenvalue weighted by molar-refractivity contribution is -0.132. The minimum atomic E-state index is -0.713. The molecule has 5 aliphatic rings. The van der Waals surface area contributed by atoms with Crippen LogP contribution in [-0.2, 0) is 17.6 Å². The van der Waals surface area contributed by atoms with E-state index in [-0.39, 0.29) is 31.2 Å². The molecule has 3 aromatic carbocycles. The van der Waals surface area contributed by atoms with Gasteiger partial charge >= 0.3 is 5.97 Å². The fourth-order valence-corrected chi connectivity index (χ4v) is 8.73. The van der Waals surface area contributed by atoms with Crippen LogP contribution >= 0.6 is 0 Å². The molecule has 0 aromatic heterocycles. The normalized spacial score (nSPS) is 25.5. The molecule has 3 aromatic rings. The number of hydrogen-bond acceptors (Lipinski definition) is 10. The van der Waals surface area contributed by atoms with E-state index in [4.69, 9.17) is 14.2 Å². The number of nitriles is 1. The number of benzene rings is 3. The first kappa shape index (κ1) is 29.5. The number of phenols is 1. The van der Waals surface area contributed by atoms with Crippen molar-refractivity contribution in [3.05, 3.63) is 80.4 Å². The second kappa shape index (κ2) is 10.3. The molecule has 1 N–H and O–H groups in total. The van der Waals surface area contributed by atoms with Gasteiger partial charge in [0.25, 0.3) is 11.8 Å². The Morgan fingerprint density at radius 2 is 1.70 bits per heavy atom. The third-order valence-corrected chi connectivity index (χ3v) is 10.9. The van der Waals surface area contributed by atoms with Gasteiger partial charge in [-0.05, 0) is 69.5 Å². The quantitative estimate of drug-likeness (QED) is 0.256. The number of carbonyl (C=O) groups is 3. The Morgan fingerprint density at radius 1 is 1.02 bits per heavy atom. The molecule has 5 atom stereocenters. The van der Waals surface area contributed by atoms with Crippen LogP contribution in [0.25, 0.3) is 0 Å². The molecular weight excluding hydrogens is 600 g/mol. The number of phenolic OH excluding ortho intramolecular Hbond substituents is 1. The van der Waals surface area contributed by atoms with Gasteiger partial charge in [-0.15, -0.1) is 0 Å². The number of likely N-dealkylation sites (N-methyl/N-ethyl adjacent to an activating group) is 1. The molecule has 2 amide bonds. The Hall–Kier alpha value is -4.92. The van der Waals surface area contributed by atoms with Crippen LogP contribution in [0.4, 0.5) is 0 Å². The Balaban J connectivity index is 1.38. The molecule has 0 saturated carbocycles. The van der Waals surface area contributed by atoms with Gasteiger partial charge < -0.3 is 19.3 Å². The predicted octanol–water partition coefficient (Wildman–Crippen LogP) is 4.04. The van der Waals surface area contributed by atoms with Gasteiger partial charge in [0.05, 0.1) is 29.3 Å². The number of rotatable bonds is 3. The SMILES string of the molecule is CC(=O)Oc1c(C)c2c(c3c1CC1[C@H]4c5c(cc(C)c(C)c5O)C[C@H]([C@H](C#N)N1[C@H]3CN1C(=O)c3ccccc3C1=O)N4C)OCO2. The summed E-state index contributed by atoms with van der Waals surface area (Å²) < 4.78 is 17.9. The molecule has 0 spiro atoms. The lowest BCUT2D eigenvalue weighted by Crippen LogP contribution is -2.69. The summed E-state index contributed by atoms with van der Waals surface area (Å²) in [5, 5.41) is 22.6. The summed E-state index contributed by atoms with van der Waals surface area (Å²) in [6, 6.07) is 9.09. The zero-order chi connectivity index (χ0) is 33.0. The Kier molecular flexibility index (Phi) is 6.45. The van der Waals surface area contributed by atoms with E-state index >= 15 is 0 Å². The van der Waals surface area contributed by atoms with Crippen molar-refractivity contribution in [3.63, 3.8) is 0 Å². The highest BCUT2D eigenvalue weighted by atomic mass is 16.7. The first-order valence-corrected chi connectivity index (χ1v) is 15.8. The van der Waals surface area contributed by atoms with E-state index in [1.807, 2.05) is 27.8 Å². The zero-order valence-corrected chi connectivity index (χ0v) is 26.8. The van der Waals surface area contributed by atoms with E-state index in [0.29, 0.717) is 57.9 Å². The summed E-state index contributed by atoms with van der Waals surface area (Å²) in [7, 11) is 1.99. The van der Waals surface area contributed by atoms with Crippen molar-refractivity contribution < 1.29 is 33.7 Å². The first-order chi connectivity index (χ1) is 22.5. The fourth-order valence-electron chi connectivity index (χ4n) is 8.73. The van der Waals surface area contributed by atoms with Crippen LogP contribution in [0.5, 0.6) is 23.0 Å². The maximum atomic E-state index is 13.8. The Labute approximate surface area is 271 Å². The number of imide groups is 1. The summed E-state index contributed by atoms with van der Waals surface area (Å²) in [6.45, 7) is 6.91. The molecule has 5 aliphatic heterocycles. The van der Waals surface area contributed by atoms with Gasteiger partial charge in [0, 0.05) is 47.8 Å². The van der Waals surface area contributed by atoms with Gasteiger partial charge in [-0.25, -0.2) is 0 Å². The molecule has 2 bridgehead atoms. The lowest BCUT2D eigenvalue weighted by Gasteiger charge is -2.60. The van der Waals surface area contributed by atoms with Crippen molar-refractivity contribution in [2.75, 3.05) is 20.4 Å². The number of esters is 1.